The van der Waals surface area contributed by atoms with Crippen molar-refractivity contribution in [2.24, 2.45) is 5.92 Å². The predicted octanol–water partition coefficient (Wildman–Crippen LogP) is 3.60. The average molecular weight is 204 g/mol. The van der Waals surface area contributed by atoms with E-state index in [1.165, 1.54) is 36.8 Å². The number of methoxy groups -OCH3 is 1. The molecule has 0 atom stereocenters. The van der Waals surface area contributed by atoms with Crippen LogP contribution in [0, 0.1) is 5.92 Å². The van der Waals surface area contributed by atoms with Gasteiger partial charge in [-0.3, -0.25) is 0 Å². The van der Waals surface area contributed by atoms with Crippen molar-refractivity contribution in [1.29, 1.82) is 0 Å². The first-order valence-corrected chi connectivity index (χ1v) is 6.00. The zero-order valence-electron chi connectivity index (χ0n) is 9.75. The molecule has 0 radical (unpaired) electrons. The van der Waals surface area contributed by atoms with E-state index in [0.29, 0.717) is 0 Å². The Morgan fingerprint density at radius 2 is 2.00 bits per heavy atom. The van der Waals surface area contributed by atoms with Crippen LogP contribution in [0.1, 0.15) is 37.3 Å². The molecule has 0 heterocycles. The number of hydrogen-bond acceptors (Lipinski definition) is 1. The van der Waals surface area contributed by atoms with Crippen LogP contribution in [-0.4, -0.2) is 7.11 Å². The van der Waals surface area contributed by atoms with E-state index in [9.17, 15) is 0 Å². The maximum Gasteiger partial charge on any atom is 0.125 e. The SMILES string of the molecule is CCCc1cccc(CC2CC2)c1OC. The molecule has 1 fully saturated rings. The van der Waals surface area contributed by atoms with Crippen LogP contribution in [0.15, 0.2) is 18.2 Å². The van der Waals surface area contributed by atoms with E-state index < -0.39 is 0 Å². The monoisotopic (exact) mass is 204 g/mol. The third kappa shape index (κ3) is 2.53. The minimum absolute atomic E-state index is 0.927. The first-order valence-electron chi connectivity index (χ1n) is 6.00. The number of benzene rings is 1. The summed E-state index contributed by atoms with van der Waals surface area (Å²) in [7, 11) is 1.80. The van der Waals surface area contributed by atoms with Crippen molar-refractivity contribution >= 4 is 0 Å². The molecule has 1 heteroatoms. The van der Waals surface area contributed by atoms with Crippen LogP contribution in [0.4, 0.5) is 0 Å². The highest BCUT2D eigenvalue weighted by atomic mass is 16.5. The molecular weight excluding hydrogens is 184 g/mol. The molecule has 1 aromatic carbocycles. The van der Waals surface area contributed by atoms with Gasteiger partial charge in [0.05, 0.1) is 7.11 Å². The summed E-state index contributed by atoms with van der Waals surface area (Å²) < 4.78 is 5.56. The largest absolute Gasteiger partial charge is 0.496 e. The summed E-state index contributed by atoms with van der Waals surface area (Å²) in [5.74, 6) is 2.07. The zero-order chi connectivity index (χ0) is 10.7. The lowest BCUT2D eigenvalue weighted by molar-refractivity contribution is 0.403. The highest BCUT2D eigenvalue weighted by Crippen LogP contribution is 2.36. The van der Waals surface area contributed by atoms with Crippen LogP contribution in [0.5, 0.6) is 5.75 Å². The maximum atomic E-state index is 5.56. The van der Waals surface area contributed by atoms with Gasteiger partial charge in [-0.1, -0.05) is 31.5 Å². The van der Waals surface area contributed by atoms with Gasteiger partial charge in [-0.15, -0.1) is 0 Å². The van der Waals surface area contributed by atoms with E-state index in [0.717, 1.165) is 18.1 Å². The molecule has 1 aromatic rings. The zero-order valence-corrected chi connectivity index (χ0v) is 9.75. The third-order valence-electron chi connectivity index (χ3n) is 3.11. The van der Waals surface area contributed by atoms with Crippen LogP contribution in [-0.2, 0) is 12.8 Å². The lowest BCUT2D eigenvalue weighted by Crippen LogP contribution is -1.98. The summed E-state index contributed by atoms with van der Waals surface area (Å²) in [6.45, 7) is 2.22. The molecule has 82 valence electrons. The first-order chi connectivity index (χ1) is 7.35. The molecule has 0 aromatic heterocycles. The van der Waals surface area contributed by atoms with Crippen molar-refractivity contribution in [3.05, 3.63) is 29.3 Å². The van der Waals surface area contributed by atoms with E-state index in [2.05, 4.69) is 25.1 Å². The standard InChI is InChI=1S/C14H20O/c1-3-5-12-6-4-7-13(14(12)15-2)10-11-8-9-11/h4,6-7,11H,3,5,8-10H2,1-2H3. The lowest BCUT2D eigenvalue weighted by Gasteiger charge is -2.12. The van der Waals surface area contributed by atoms with Gasteiger partial charge in [0.25, 0.3) is 0 Å². The van der Waals surface area contributed by atoms with Crippen LogP contribution >= 0.6 is 0 Å². The second kappa shape index (κ2) is 4.69. The lowest BCUT2D eigenvalue weighted by atomic mass is 10.0. The highest BCUT2D eigenvalue weighted by Gasteiger charge is 2.23. The number of ether oxygens (including phenoxy) is 1. The van der Waals surface area contributed by atoms with Crippen LogP contribution in [0.25, 0.3) is 0 Å². The minimum atomic E-state index is 0.927. The van der Waals surface area contributed by atoms with Gasteiger partial charge in [-0.2, -0.15) is 0 Å². The second-order valence-corrected chi connectivity index (χ2v) is 4.51. The highest BCUT2D eigenvalue weighted by molar-refractivity contribution is 5.42. The van der Waals surface area contributed by atoms with E-state index in [1.807, 2.05) is 0 Å². The van der Waals surface area contributed by atoms with Crippen LogP contribution in [0.3, 0.4) is 0 Å². The van der Waals surface area contributed by atoms with Crippen LogP contribution in [0.2, 0.25) is 0 Å². The molecule has 0 N–H and O–H groups in total. The van der Waals surface area contributed by atoms with E-state index in [4.69, 9.17) is 4.74 Å². The van der Waals surface area contributed by atoms with E-state index >= 15 is 0 Å². The van der Waals surface area contributed by atoms with Gasteiger partial charge < -0.3 is 4.74 Å². The fourth-order valence-electron chi connectivity index (χ4n) is 2.16. The topological polar surface area (TPSA) is 9.23 Å². The molecule has 1 aliphatic rings. The molecule has 0 saturated heterocycles. The van der Waals surface area contributed by atoms with Crippen molar-refractivity contribution < 1.29 is 4.74 Å². The number of aryl methyl sites for hydroxylation is 1. The molecule has 0 amide bonds. The Kier molecular flexibility index (Phi) is 3.30. The Hall–Kier alpha value is -0.980. The van der Waals surface area contributed by atoms with Gasteiger partial charge in [0.1, 0.15) is 5.75 Å². The van der Waals surface area contributed by atoms with Crippen molar-refractivity contribution in [3.63, 3.8) is 0 Å². The molecule has 15 heavy (non-hydrogen) atoms. The van der Waals surface area contributed by atoms with Gasteiger partial charge in [0, 0.05) is 0 Å². The molecule has 1 saturated carbocycles. The normalized spacial score (nSPS) is 15.3. The third-order valence-corrected chi connectivity index (χ3v) is 3.11. The summed E-state index contributed by atoms with van der Waals surface area (Å²) in [4.78, 5) is 0. The fraction of sp³-hybridized carbons (Fsp3) is 0.571. The van der Waals surface area contributed by atoms with Crippen molar-refractivity contribution in [3.8, 4) is 5.75 Å². The predicted molar refractivity (Wildman–Crippen MR) is 63.4 cm³/mol. The van der Waals surface area contributed by atoms with Gasteiger partial charge >= 0.3 is 0 Å². The summed E-state index contributed by atoms with van der Waals surface area (Å²) in [6.07, 6.45) is 6.33. The minimum Gasteiger partial charge on any atom is -0.496 e. The Morgan fingerprint density at radius 1 is 1.27 bits per heavy atom. The Morgan fingerprint density at radius 3 is 2.60 bits per heavy atom. The fourth-order valence-corrected chi connectivity index (χ4v) is 2.16. The number of hydrogen-bond donors (Lipinski definition) is 0. The molecule has 0 spiro atoms. The quantitative estimate of drug-likeness (QED) is 0.712. The van der Waals surface area contributed by atoms with Gasteiger partial charge in [0.15, 0.2) is 0 Å². The second-order valence-electron chi connectivity index (χ2n) is 4.51. The molecule has 2 rings (SSSR count). The molecule has 1 nitrogen and oxygen atoms in total. The first kappa shape index (κ1) is 10.5. The Bertz CT molecular complexity index is 326. The molecular formula is C14H20O. The Balaban J connectivity index is 2.22. The summed E-state index contributed by atoms with van der Waals surface area (Å²) >= 11 is 0. The summed E-state index contributed by atoms with van der Waals surface area (Å²) in [6, 6.07) is 6.58. The van der Waals surface area contributed by atoms with Crippen molar-refractivity contribution in [1.82, 2.24) is 0 Å². The summed E-state index contributed by atoms with van der Waals surface area (Å²) in [5.41, 5.74) is 2.78. The molecule has 0 unspecified atom stereocenters. The molecule has 1 aliphatic carbocycles. The van der Waals surface area contributed by atoms with Gasteiger partial charge in [-0.25, -0.2) is 0 Å². The van der Waals surface area contributed by atoms with E-state index in [-0.39, 0.29) is 0 Å². The summed E-state index contributed by atoms with van der Waals surface area (Å²) in [5, 5.41) is 0. The number of rotatable bonds is 5. The van der Waals surface area contributed by atoms with E-state index in [1.54, 1.807) is 7.11 Å². The maximum absolute atomic E-state index is 5.56. The smallest absolute Gasteiger partial charge is 0.125 e. The number of para-hydroxylation sites is 1. The average Bonchev–Trinajstić information content (AvgIpc) is 3.03. The van der Waals surface area contributed by atoms with Gasteiger partial charge in [-0.05, 0) is 42.7 Å². The van der Waals surface area contributed by atoms with Crippen molar-refractivity contribution in [2.75, 3.05) is 7.11 Å². The molecule has 0 bridgehead atoms. The Labute approximate surface area is 92.5 Å². The molecule has 0 aliphatic heterocycles. The van der Waals surface area contributed by atoms with Crippen LogP contribution < -0.4 is 4.74 Å². The van der Waals surface area contributed by atoms with Gasteiger partial charge in [0.2, 0.25) is 0 Å². The van der Waals surface area contributed by atoms with Crippen molar-refractivity contribution in [2.45, 2.75) is 39.0 Å².